The van der Waals surface area contributed by atoms with E-state index in [1.165, 1.54) is 30.0 Å². The molecule has 1 heterocycles. The van der Waals surface area contributed by atoms with Gasteiger partial charge in [0, 0.05) is 23.7 Å². The Morgan fingerprint density at radius 1 is 1.29 bits per heavy atom. The molecular formula is C18H16ClN5O3S. The average Bonchev–Trinajstić information content (AvgIpc) is 3.02. The maximum absolute atomic E-state index is 12.2. The fourth-order valence-corrected chi connectivity index (χ4v) is 3.45. The van der Waals surface area contributed by atoms with Crippen LogP contribution >= 0.6 is 23.4 Å². The highest BCUT2D eigenvalue weighted by molar-refractivity contribution is 7.99. The zero-order chi connectivity index (χ0) is 20.3. The summed E-state index contributed by atoms with van der Waals surface area (Å²) < 4.78 is 1.81. The Hall–Kier alpha value is -2.91. The SMILES string of the molecule is Cc1ccccc1-c1nnc(SCC(=O)Nc2ccc(Cl)cc2[N+](=O)[O-])n1C. The lowest BCUT2D eigenvalue weighted by molar-refractivity contribution is -0.383. The molecule has 3 rings (SSSR count). The average molecular weight is 418 g/mol. The number of nitro benzene ring substituents is 1. The van der Waals surface area contributed by atoms with E-state index in [0.29, 0.717) is 11.0 Å². The second kappa shape index (κ2) is 8.41. The standard InChI is InChI=1S/C18H16ClN5O3S/c1-11-5-3-4-6-13(11)17-21-22-18(23(17)2)28-10-16(25)20-14-8-7-12(19)9-15(14)24(26)27/h3-9H,10H2,1-2H3,(H,20,25). The molecule has 0 bridgehead atoms. The lowest BCUT2D eigenvalue weighted by Crippen LogP contribution is -2.15. The van der Waals surface area contributed by atoms with Gasteiger partial charge in [0.25, 0.3) is 5.69 Å². The number of aromatic nitrogens is 3. The van der Waals surface area contributed by atoms with Crippen LogP contribution in [0.2, 0.25) is 5.02 Å². The molecule has 1 amide bonds. The van der Waals surface area contributed by atoms with Gasteiger partial charge in [-0.05, 0) is 24.6 Å². The number of hydrogen-bond donors (Lipinski definition) is 1. The van der Waals surface area contributed by atoms with Crippen molar-refractivity contribution < 1.29 is 9.72 Å². The number of nitro groups is 1. The number of amides is 1. The topological polar surface area (TPSA) is 103 Å². The summed E-state index contributed by atoms with van der Waals surface area (Å²) in [5.74, 6) is 0.338. The van der Waals surface area contributed by atoms with Crippen LogP contribution in [0.5, 0.6) is 0 Å². The first-order chi connectivity index (χ1) is 13.4. The Kier molecular flexibility index (Phi) is 5.96. The second-order valence-corrected chi connectivity index (χ2v) is 7.31. The number of anilines is 1. The molecule has 0 aliphatic heterocycles. The third kappa shape index (κ3) is 4.32. The van der Waals surface area contributed by atoms with Gasteiger partial charge in [-0.25, -0.2) is 0 Å². The summed E-state index contributed by atoms with van der Waals surface area (Å²) in [6, 6.07) is 11.9. The zero-order valence-corrected chi connectivity index (χ0v) is 16.6. The molecule has 0 aliphatic rings. The number of nitrogens with one attached hydrogen (secondary N) is 1. The van der Waals surface area contributed by atoms with Crippen molar-refractivity contribution in [3.05, 3.63) is 63.2 Å². The summed E-state index contributed by atoms with van der Waals surface area (Å²) in [6.07, 6.45) is 0. The van der Waals surface area contributed by atoms with Crippen molar-refractivity contribution in [2.75, 3.05) is 11.1 Å². The molecule has 0 saturated carbocycles. The molecule has 0 saturated heterocycles. The van der Waals surface area contributed by atoms with E-state index >= 15 is 0 Å². The largest absolute Gasteiger partial charge is 0.320 e. The first-order valence-electron chi connectivity index (χ1n) is 8.19. The minimum atomic E-state index is -0.591. The van der Waals surface area contributed by atoms with Gasteiger partial charge >= 0.3 is 0 Å². The first kappa shape index (κ1) is 19.8. The molecule has 0 spiro atoms. The smallest absolute Gasteiger partial charge is 0.294 e. The van der Waals surface area contributed by atoms with Crippen molar-refractivity contribution in [3.8, 4) is 11.4 Å². The molecule has 0 aliphatic carbocycles. The van der Waals surface area contributed by atoms with Crippen LogP contribution in [-0.4, -0.2) is 31.3 Å². The highest BCUT2D eigenvalue weighted by Gasteiger charge is 2.18. The van der Waals surface area contributed by atoms with Gasteiger partial charge in [0.15, 0.2) is 11.0 Å². The zero-order valence-electron chi connectivity index (χ0n) is 15.0. The number of halogens is 1. The number of aryl methyl sites for hydroxylation is 1. The van der Waals surface area contributed by atoms with E-state index in [2.05, 4.69) is 15.5 Å². The number of benzene rings is 2. The Morgan fingerprint density at radius 2 is 2.04 bits per heavy atom. The molecule has 144 valence electrons. The highest BCUT2D eigenvalue weighted by Crippen LogP contribution is 2.29. The molecule has 10 heteroatoms. The lowest BCUT2D eigenvalue weighted by atomic mass is 10.1. The third-order valence-electron chi connectivity index (χ3n) is 3.98. The van der Waals surface area contributed by atoms with Gasteiger partial charge in [0.2, 0.25) is 5.91 Å². The first-order valence-corrected chi connectivity index (χ1v) is 9.55. The Labute approximate surface area is 170 Å². The maximum atomic E-state index is 12.2. The molecule has 2 aromatic carbocycles. The van der Waals surface area contributed by atoms with Gasteiger partial charge in [-0.1, -0.05) is 47.6 Å². The van der Waals surface area contributed by atoms with Crippen LogP contribution in [0, 0.1) is 17.0 Å². The van der Waals surface area contributed by atoms with Crippen molar-refractivity contribution in [2.24, 2.45) is 7.05 Å². The van der Waals surface area contributed by atoms with Crippen LogP contribution in [0.15, 0.2) is 47.6 Å². The third-order valence-corrected chi connectivity index (χ3v) is 5.24. The van der Waals surface area contributed by atoms with Crippen LogP contribution < -0.4 is 5.32 Å². The van der Waals surface area contributed by atoms with Crippen LogP contribution in [0.3, 0.4) is 0 Å². The van der Waals surface area contributed by atoms with Gasteiger partial charge in [0.05, 0.1) is 10.7 Å². The summed E-state index contributed by atoms with van der Waals surface area (Å²) in [4.78, 5) is 22.8. The molecule has 0 atom stereocenters. The molecule has 1 aromatic heterocycles. The molecule has 0 radical (unpaired) electrons. The number of carbonyl (C=O) groups is 1. The fraction of sp³-hybridized carbons (Fsp3) is 0.167. The number of thioether (sulfide) groups is 1. The summed E-state index contributed by atoms with van der Waals surface area (Å²) >= 11 is 6.98. The van der Waals surface area contributed by atoms with Gasteiger partial charge in [0.1, 0.15) is 5.69 Å². The van der Waals surface area contributed by atoms with Crippen molar-refractivity contribution in [2.45, 2.75) is 12.1 Å². The van der Waals surface area contributed by atoms with Crippen LogP contribution in [0.4, 0.5) is 11.4 Å². The van der Waals surface area contributed by atoms with E-state index < -0.39 is 10.8 Å². The van der Waals surface area contributed by atoms with Crippen molar-refractivity contribution >= 4 is 40.6 Å². The Bertz CT molecular complexity index is 1050. The van der Waals surface area contributed by atoms with E-state index in [0.717, 1.165) is 11.1 Å². The molecular weight excluding hydrogens is 402 g/mol. The van der Waals surface area contributed by atoms with E-state index in [4.69, 9.17) is 11.6 Å². The maximum Gasteiger partial charge on any atom is 0.294 e. The molecule has 8 nitrogen and oxygen atoms in total. The summed E-state index contributed by atoms with van der Waals surface area (Å²) in [5.41, 5.74) is 1.87. The van der Waals surface area contributed by atoms with E-state index in [-0.39, 0.29) is 22.2 Å². The normalized spacial score (nSPS) is 10.7. The monoisotopic (exact) mass is 417 g/mol. The van der Waals surface area contributed by atoms with Gasteiger partial charge in [-0.15, -0.1) is 10.2 Å². The number of carbonyl (C=O) groups excluding carboxylic acids is 1. The summed E-state index contributed by atoms with van der Waals surface area (Å²) in [6.45, 7) is 1.99. The highest BCUT2D eigenvalue weighted by atomic mass is 35.5. The molecule has 0 unspecified atom stereocenters. The van der Waals surface area contributed by atoms with Gasteiger partial charge in [-0.3, -0.25) is 14.9 Å². The quantitative estimate of drug-likeness (QED) is 0.368. The molecule has 3 aromatic rings. The number of hydrogen-bond acceptors (Lipinski definition) is 6. The van der Waals surface area contributed by atoms with Gasteiger partial charge in [-0.2, -0.15) is 0 Å². The Morgan fingerprint density at radius 3 is 2.75 bits per heavy atom. The van der Waals surface area contributed by atoms with Crippen molar-refractivity contribution in [1.29, 1.82) is 0 Å². The Balaban J connectivity index is 1.70. The van der Waals surface area contributed by atoms with Crippen LogP contribution in [-0.2, 0) is 11.8 Å². The minimum Gasteiger partial charge on any atom is -0.320 e. The molecule has 0 fully saturated rings. The van der Waals surface area contributed by atoms with Crippen molar-refractivity contribution in [3.63, 3.8) is 0 Å². The van der Waals surface area contributed by atoms with E-state index in [9.17, 15) is 14.9 Å². The van der Waals surface area contributed by atoms with Crippen LogP contribution in [0.1, 0.15) is 5.56 Å². The number of nitrogens with zero attached hydrogens (tertiary/aromatic N) is 4. The minimum absolute atomic E-state index is 0.0273. The van der Waals surface area contributed by atoms with Crippen molar-refractivity contribution in [1.82, 2.24) is 14.8 Å². The van der Waals surface area contributed by atoms with Gasteiger partial charge < -0.3 is 9.88 Å². The van der Waals surface area contributed by atoms with E-state index in [1.807, 2.05) is 42.8 Å². The lowest BCUT2D eigenvalue weighted by Gasteiger charge is -2.07. The summed E-state index contributed by atoms with van der Waals surface area (Å²) in [7, 11) is 1.83. The second-order valence-electron chi connectivity index (χ2n) is 5.94. The predicted molar refractivity (Wildman–Crippen MR) is 109 cm³/mol. The van der Waals surface area contributed by atoms with Crippen LogP contribution in [0.25, 0.3) is 11.4 Å². The van der Waals surface area contributed by atoms with E-state index in [1.54, 1.807) is 0 Å². The molecule has 28 heavy (non-hydrogen) atoms. The fourth-order valence-electron chi connectivity index (χ4n) is 2.58. The summed E-state index contributed by atoms with van der Waals surface area (Å²) in [5, 5.41) is 22.8. The predicted octanol–water partition coefficient (Wildman–Crippen LogP) is 4.08. The molecule has 1 N–H and O–H groups in total. The number of rotatable bonds is 6.